The number of halogens is 2. The molecular weight excluding hydrogens is 262 g/mol. The van der Waals surface area contributed by atoms with Crippen molar-refractivity contribution in [3.8, 4) is 11.1 Å². The SMILES string of the molecule is CC(Nc1cccc(-c2c(F)cccc2F)c1)C(N)=O. The second kappa shape index (κ2) is 5.69. The maximum absolute atomic E-state index is 13.7. The molecule has 104 valence electrons. The molecule has 0 aromatic heterocycles. The first kappa shape index (κ1) is 14.0. The van der Waals surface area contributed by atoms with Gasteiger partial charge in [-0.05, 0) is 36.8 Å². The van der Waals surface area contributed by atoms with Crippen molar-refractivity contribution in [2.75, 3.05) is 5.32 Å². The van der Waals surface area contributed by atoms with Crippen LogP contribution in [0.5, 0.6) is 0 Å². The van der Waals surface area contributed by atoms with Crippen molar-refractivity contribution in [2.24, 2.45) is 5.73 Å². The third-order valence-corrected chi connectivity index (χ3v) is 2.92. The van der Waals surface area contributed by atoms with Crippen molar-refractivity contribution >= 4 is 11.6 Å². The van der Waals surface area contributed by atoms with Gasteiger partial charge in [0.25, 0.3) is 0 Å². The Morgan fingerprint density at radius 2 is 1.75 bits per heavy atom. The smallest absolute Gasteiger partial charge is 0.239 e. The number of nitrogens with one attached hydrogen (secondary N) is 1. The summed E-state index contributed by atoms with van der Waals surface area (Å²) in [6.07, 6.45) is 0. The maximum Gasteiger partial charge on any atom is 0.239 e. The highest BCUT2D eigenvalue weighted by Crippen LogP contribution is 2.28. The first-order chi connectivity index (χ1) is 9.49. The van der Waals surface area contributed by atoms with E-state index in [0.29, 0.717) is 11.3 Å². The number of nitrogens with two attached hydrogens (primary N) is 1. The van der Waals surface area contributed by atoms with Gasteiger partial charge in [0.2, 0.25) is 5.91 Å². The highest BCUT2D eigenvalue weighted by atomic mass is 19.1. The van der Waals surface area contributed by atoms with Crippen LogP contribution in [-0.4, -0.2) is 11.9 Å². The van der Waals surface area contributed by atoms with Crippen LogP contribution in [0.2, 0.25) is 0 Å². The number of hydrogen-bond donors (Lipinski definition) is 2. The zero-order valence-electron chi connectivity index (χ0n) is 10.9. The van der Waals surface area contributed by atoms with Gasteiger partial charge in [-0.25, -0.2) is 8.78 Å². The van der Waals surface area contributed by atoms with Crippen LogP contribution in [0.4, 0.5) is 14.5 Å². The molecule has 0 saturated heterocycles. The third-order valence-electron chi connectivity index (χ3n) is 2.92. The van der Waals surface area contributed by atoms with E-state index in [1.54, 1.807) is 31.2 Å². The number of carbonyl (C=O) groups excluding carboxylic acids is 1. The molecular formula is C15H14F2N2O. The molecule has 1 atom stereocenters. The monoisotopic (exact) mass is 276 g/mol. The topological polar surface area (TPSA) is 55.1 Å². The molecule has 20 heavy (non-hydrogen) atoms. The van der Waals surface area contributed by atoms with Crippen molar-refractivity contribution in [1.82, 2.24) is 0 Å². The summed E-state index contributed by atoms with van der Waals surface area (Å²) in [5.74, 6) is -1.78. The maximum atomic E-state index is 13.7. The van der Waals surface area contributed by atoms with E-state index in [0.717, 1.165) is 0 Å². The number of primary amides is 1. The van der Waals surface area contributed by atoms with Gasteiger partial charge in [-0.3, -0.25) is 4.79 Å². The zero-order chi connectivity index (χ0) is 14.7. The van der Waals surface area contributed by atoms with Crippen LogP contribution in [-0.2, 0) is 4.79 Å². The van der Waals surface area contributed by atoms with Crippen molar-refractivity contribution in [3.63, 3.8) is 0 Å². The van der Waals surface area contributed by atoms with Crippen LogP contribution >= 0.6 is 0 Å². The summed E-state index contributed by atoms with van der Waals surface area (Å²) >= 11 is 0. The van der Waals surface area contributed by atoms with E-state index in [9.17, 15) is 13.6 Å². The summed E-state index contributed by atoms with van der Waals surface area (Å²) in [6.45, 7) is 1.61. The summed E-state index contributed by atoms with van der Waals surface area (Å²) in [5.41, 5.74) is 6.02. The molecule has 5 heteroatoms. The highest BCUT2D eigenvalue weighted by molar-refractivity contribution is 5.83. The average Bonchev–Trinajstić information content (AvgIpc) is 2.38. The summed E-state index contributed by atoms with van der Waals surface area (Å²) < 4.78 is 27.4. The summed E-state index contributed by atoms with van der Waals surface area (Å²) in [5, 5.41) is 2.87. The molecule has 0 heterocycles. The van der Waals surface area contributed by atoms with Gasteiger partial charge < -0.3 is 11.1 Å². The molecule has 0 bridgehead atoms. The van der Waals surface area contributed by atoms with Gasteiger partial charge in [0.15, 0.2) is 0 Å². The van der Waals surface area contributed by atoms with Gasteiger partial charge in [0.05, 0.1) is 5.56 Å². The van der Waals surface area contributed by atoms with E-state index >= 15 is 0 Å². The molecule has 1 unspecified atom stereocenters. The Hall–Kier alpha value is -2.43. The first-order valence-corrected chi connectivity index (χ1v) is 6.09. The van der Waals surface area contributed by atoms with Crippen molar-refractivity contribution in [1.29, 1.82) is 0 Å². The lowest BCUT2D eigenvalue weighted by Crippen LogP contribution is -2.32. The molecule has 1 amide bonds. The van der Waals surface area contributed by atoms with E-state index in [-0.39, 0.29) is 5.56 Å². The van der Waals surface area contributed by atoms with E-state index in [1.165, 1.54) is 18.2 Å². The number of anilines is 1. The minimum atomic E-state index is -0.634. The average molecular weight is 276 g/mol. The fourth-order valence-corrected chi connectivity index (χ4v) is 1.86. The third kappa shape index (κ3) is 2.93. The Bertz CT molecular complexity index is 623. The molecule has 0 aliphatic rings. The van der Waals surface area contributed by atoms with Crippen molar-refractivity contribution in [3.05, 3.63) is 54.1 Å². The molecule has 0 aliphatic heterocycles. The predicted molar refractivity (Wildman–Crippen MR) is 74.1 cm³/mol. The number of hydrogen-bond acceptors (Lipinski definition) is 2. The molecule has 0 fully saturated rings. The quantitative estimate of drug-likeness (QED) is 0.902. The Labute approximate surface area is 115 Å². The number of rotatable bonds is 4. The van der Waals surface area contributed by atoms with Crippen LogP contribution in [0.1, 0.15) is 6.92 Å². The first-order valence-electron chi connectivity index (χ1n) is 6.09. The normalized spacial score (nSPS) is 11.9. The Kier molecular flexibility index (Phi) is 3.98. The van der Waals surface area contributed by atoms with Gasteiger partial charge in [-0.1, -0.05) is 18.2 Å². The lowest BCUT2D eigenvalue weighted by Gasteiger charge is -2.13. The van der Waals surface area contributed by atoms with Crippen LogP contribution in [0.25, 0.3) is 11.1 Å². The summed E-state index contributed by atoms with van der Waals surface area (Å²) in [7, 11) is 0. The molecule has 3 N–H and O–H groups in total. The Morgan fingerprint density at radius 1 is 1.15 bits per heavy atom. The van der Waals surface area contributed by atoms with Gasteiger partial charge in [-0.15, -0.1) is 0 Å². The van der Waals surface area contributed by atoms with Crippen LogP contribution in [0.3, 0.4) is 0 Å². The lowest BCUT2D eigenvalue weighted by molar-refractivity contribution is -0.118. The zero-order valence-corrected chi connectivity index (χ0v) is 10.9. The molecule has 3 nitrogen and oxygen atoms in total. The molecule has 2 aromatic carbocycles. The fourth-order valence-electron chi connectivity index (χ4n) is 1.86. The number of amides is 1. The molecule has 2 rings (SSSR count). The standard InChI is InChI=1S/C15H14F2N2O/c1-9(15(18)20)19-11-5-2-4-10(8-11)14-12(16)6-3-7-13(14)17/h2-9,19H,1H3,(H2,18,20). The molecule has 0 spiro atoms. The van der Waals surface area contributed by atoms with Gasteiger partial charge in [0, 0.05) is 5.69 Å². The Morgan fingerprint density at radius 3 is 2.35 bits per heavy atom. The number of carbonyl (C=O) groups is 1. The second-order valence-corrected chi connectivity index (χ2v) is 4.45. The van der Waals surface area contributed by atoms with E-state index in [2.05, 4.69) is 5.32 Å². The highest BCUT2D eigenvalue weighted by Gasteiger charge is 2.12. The van der Waals surface area contributed by atoms with Gasteiger partial charge in [-0.2, -0.15) is 0 Å². The Balaban J connectivity index is 2.37. The summed E-state index contributed by atoms with van der Waals surface area (Å²) in [4.78, 5) is 11.0. The van der Waals surface area contributed by atoms with Crippen LogP contribution in [0, 0.1) is 11.6 Å². The second-order valence-electron chi connectivity index (χ2n) is 4.45. The van der Waals surface area contributed by atoms with E-state index in [1.807, 2.05) is 0 Å². The van der Waals surface area contributed by atoms with E-state index < -0.39 is 23.6 Å². The lowest BCUT2D eigenvalue weighted by atomic mass is 10.0. The summed E-state index contributed by atoms with van der Waals surface area (Å²) in [6, 6.07) is 9.65. The minimum absolute atomic E-state index is 0.0946. The molecule has 2 aromatic rings. The molecule has 0 saturated carbocycles. The molecule has 0 radical (unpaired) electrons. The number of benzene rings is 2. The van der Waals surface area contributed by atoms with E-state index in [4.69, 9.17) is 5.73 Å². The van der Waals surface area contributed by atoms with Crippen LogP contribution in [0.15, 0.2) is 42.5 Å². The van der Waals surface area contributed by atoms with Crippen molar-refractivity contribution < 1.29 is 13.6 Å². The fraction of sp³-hybridized carbons (Fsp3) is 0.133. The van der Waals surface area contributed by atoms with Gasteiger partial charge >= 0.3 is 0 Å². The largest absolute Gasteiger partial charge is 0.374 e. The van der Waals surface area contributed by atoms with Crippen molar-refractivity contribution in [2.45, 2.75) is 13.0 Å². The van der Waals surface area contributed by atoms with Crippen LogP contribution < -0.4 is 11.1 Å². The minimum Gasteiger partial charge on any atom is -0.374 e. The molecule has 0 aliphatic carbocycles. The predicted octanol–water partition coefficient (Wildman–Crippen LogP) is 2.92. The van der Waals surface area contributed by atoms with Gasteiger partial charge in [0.1, 0.15) is 17.7 Å².